The first-order valence-electron chi connectivity index (χ1n) is 8.22. The lowest BCUT2D eigenvalue weighted by Gasteiger charge is -2.21. The summed E-state index contributed by atoms with van der Waals surface area (Å²) in [5.74, 6) is 0.107. The van der Waals surface area contributed by atoms with Gasteiger partial charge in [0.25, 0.3) is 0 Å². The molecule has 2 aromatic rings. The average Bonchev–Trinajstić information content (AvgIpc) is 3.24. The number of hydrogen-bond donors (Lipinski definition) is 3. The Morgan fingerprint density at radius 1 is 1.20 bits per heavy atom. The summed E-state index contributed by atoms with van der Waals surface area (Å²) in [5, 5.41) is 4.57. The molecule has 0 spiro atoms. The Balaban J connectivity index is 1.67. The highest BCUT2D eigenvalue weighted by atomic mass is 32.1. The summed E-state index contributed by atoms with van der Waals surface area (Å²) in [6.45, 7) is 1.11. The van der Waals surface area contributed by atoms with Gasteiger partial charge in [0.05, 0.1) is 12.5 Å². The van der Waals surface area contributed by atoms with E-state index < -0.39 is 12.1 Å². The second-order valence-corrected chi connectivity index (χ2v) is 7.24. The Morgan fingerprint density at radius 3 is 2.60 bits per heavy atom. The maximum Gasteiger partial charge on any atom is 0.312 e. The van der Waals surface area contributed by atoms with Crippen LogP contribution in [0.5, 0.6) is 0 Å². The Kier molecular flexibility index (Phi) is 5.35. The number of primary amides is 1. The van der Waals surface area contributed by atoms with Crippen LogP contribution in [0.15, 0.2) is 47.8 Å². The van der Waals surface area contributed by atoms with E-state index in [-0.39, 0.29) is 24.3 Å². The van der Waals surface area contributed by atoms with Gasteiger partial charge >= 0.3 is 6.03 Å². The number of amides is 3. The van der Waals surface area contributed by atoms with Gasteiger partial charge in [-0.25, -0.2) is 4.79 Å². The highest BCUT2D eigenvalue weighted by Gasteiger charge is 2.34. The predicted octanol–water partition coefficient (Wildman–Crippen LogP) is 1.80. The standard InChI is InChI=1S/C18H22N4O2S/c19-14-11-22(10-13(14)12-5-2-1-3-6-12)17(23)9-15(21-18(20)24)16-7-4-8-25-16/h1-8,13-15H,9-11,19H2,(H3,20,21,24)/t13-,14+,15?/m0/s1. The molecule has 2 heterocycles. The zero-order valence-corrected chi connectivity index (χ0v) is 14.6. The third kappa shape index (κ3) is 4.18. The van der Waals surface area contributed by atoms with Crippen molar-refractivity contribution < 1.29 is 9.59 Å². The van der Waals surface area contributed by atoms with Crippen molar-refractivity contribution in [3.8, 4) is 0 Å². The van der Waals surface area contributed by atoms with Gasteiger partial charge in [0, 0.05) is 29.9 Å². The van der Waals surface area contributed by atoms with Gasteiger partial charge in [-0.2, -0.15) is 0 Å². The summed E-state index contributed by atoms with van der Waals surface area (Å²) in [5.41, 5.74) is 12.7. The fourth-order valence-electron chi connectivity index (χ4n) is 3.27. The number of urea groups is 1. The number of carbonyl (C=O) groups excluding carboxylic acids is 2. The minimum atomic E-state index is -0.633. The van der Waals surface area contributed by atoms with Gasteiger partial charge in [0.1, 0.15) is 0 Å². The number of likely N-dealkylation sites (tertiary alicyclic amines) is 1. The van der Waals surface area contributed by atoms with Crippen molar-refractivity contribution >= 4 is 23.3 Å². The molecule has 1 saturated heterocycles. The smallest absolute Gasteiger partial charge is 0.312 e. The molecule has 25 heavy (non-hydrogen) atoms. The molecule has 3 rings (SSSR count). The van der Waals surface area contributed by atoms with Crippen LogP contribution in [0.1, 0.15) is 28.8 Å². The molecule has 1 unspecified atom stereocenters. The van der Waals surface area contributed by atoms with Crippen LogP contribution in [0.2, 0.25) is 0 Å². The minimum absolute atomic E-state index is 0.0268. The Bertz CT molecular complexity index is 720. The van der Waals surface area contributed by atoms with Crippen molar-refractivity contribution in [1.82, 2.24) is 10.2 Å². The van der Waals surface area contributed by atoms with Gasteiger partial charge < -0.3 is 21.7 Å². The molecule has 1 fully saturated rings. The minimum Gasteiger partial charge on any atom is -0.352 e. The largest absolute Gasteiger partial charge is 0.352 e. The van der Waals surface area contributed by atoms with Gasteiger partial charge in [-0.1, -0.05) is 36.4 Å². The molecule has 1 aromatic carbocycles. The first kappa shape index (κ1) is 17.4. The second kappa shape index (κ2) is 7.67. The molecule has 0 bridgehead atoms. The number of nitrogens with two attached hydrogens (primary N) is 2. The maximum absolute atomic E-state index is 12.7. The number of carbonyl (C=O) groups is 2. The fraction of sp³-hybridized carbons (Fsp3) is 0.333. The first-order chi connectivity index (χ1) is 12.0. The first-order valence-corrected chi connectivity index (χ1v) is 9.10. The Hall–Kier alpha value is -2.38. The molecule has 0 aliphatic carbocycles. The van der Waals surface area contributed by atoms with Crippen molar-refractivity contribution in [3.63, 3.8) is 0 Å². The predicted molar refractivity (Wildman–Crippen MR) is 98.1 cm³/mol. The molecule has 1 aromatic heterocycles. The van der Waals surface area contributed by atoms with Crippen LogP contribution in [-0.4, -0.2) is 36.0 Å². The summed E-state index contributed by atoms with van der Waals surface area (Å²) >= 11 is 1.49. The molecular formula is C18H22N4O2S. The van der Waals surface area contributed by atoms with Gasteiger partial charge in [-0.05, 0) is 17.0 Å². The molecule has 1 aliphatic rings. The topological polar surface area (TPSA) is 101 Å². The van der Waals surface area contributed by atoms with Crippen LogP contribution in [0.25, 0.3) is 0 Å². The lowest BCUT2D eigenvalue weighted by atomic mass is 9.95. The van der Waals surface area contributed by atoms with Crippen molar-refractivity contribution in [2.45, 2.75) is 24.4 Å². The van der Waals surface area contributed by atoms with Crippen molar-refractivity contribution in [3.05, 3.63) is 58.3 Å². The quantitative estimate of drug-likeness (QED) is 0.759. The monoisotopic (exact) mass is 358 g/mol. The van der Waals surface area contributed by atoms with Gasteiger partial charge in [0.2, 0.25) is 5.91 Å². The molecule has 132 valence electrons. The summed E-state index contributed by atoms with van der Waals surface area (Å²) in [4.78, 5) is 26.7. The van der Waals surface area contributed by atoms with Gasteiger partial charge in [0.15, 0.2) is 0 Å². The molecule has 3 atom stereocenters. The second-order valence-electron chi connectivity index (χ2n) is 6.26. The van der Waals surface area contributed by atoms with E-state index in [2.05, 4.69) is 5.32 Å². The molecule has 6 nitrogen and oxygen atoms in total. The Labute approximate surface area is 150 Å². The van der Waals surface area contributed by atoms with Crippen LogP contribution in [0, 0.1) is 0 Å². The maximum atomic E-state index is 12.7. The molecule has 3 amide bonds. The van der Waals surface area contributed by atoms with E-state index in [0.29, 0.717) is 13.1 Å². The van der Waals surface area contributed by atoms with Crippen LogP contribution in [0.3, 0.4) is 0 Å². The molecule has 7 heteroatoms. The van der Waals surface area contributed by atoms with E-state index in [1.54, 1.807) is 4.90 Å². The SMILES string of the molecule is NC(=O)NC(CC(=O)N1C[C@@H](N)[C@H](c2ccccc2)C1)c1cccs1. The average molecular weight is 358 g/mol. The van der Waals surface area contributed by atoms with Crippen LogP contribution >= 0.6 is 11.3 Å². The zero-order valence-electron chi connectivity index (χ0n) is 13.8. The third-order valence-corrected chi connectivity index (χ3v) is 5.51. The highest BCUT2D eigenvalue weighted by Crippen LogP contribution is 2.29. The normalized spacial score (nSPS) is 21.1. The molecule has 0 radical (unpaired) electrons. The van der Waals surface area contributed by atoms with Crippen LogP contribution in [0.4, 0.5) is 4.79 Å². The summed E-state index contributed by atoms with van der Waals surface area (Å²) < 4.78 is 0. The van der Waals surface area contributed by atoms with E-state index >= 15 is 0 Å². The third-order valence-electron chi connectivity index (χ3n) is 4.53. The summed E-state index contributed by atoms with van der Waals surface area (Å²) in [6.07, 6.45) is 0.178. The number of benzene rings is 1. The molecular weight excluding hydrogens is 336 g/mol. The van der Waals surface area contributed by atoms with E-state index in [0.717, 1.165) is 10.4 Å². The zero-order chi connectivity index (χ0) is 17.8. The summed E-state index contributed by atoms with van der Waals surface area (Å²) in [6, 6.07) is 12.7. The fourth-order valence-corrected chi connectivity index (χ4v) is 4.05. The number of rotatable bonds is 5. The van der Waals surface area contributed by atoms with Gasteiger partial charge in [-0.15, -0.1) is 11.3 Å². The van der Waals surface area contributed by atoms with Crippen molar-refractivity contribution in [2.24, 2.45) is 11.5 Å². The number of thiophene rings is 1. The highest BCUT2D eigenvalue weighted by molar-refractivity contribution is 7.10. The lowest BCUT2D eigenvalue weighted by Crippen LogP contribution is -2.38. The molecule has 5 N–H and O–H groups in total. The van der Waals surface area contributed by atoms with Crippen LogP contribution < -0.4 is 16.8 Å². The van der Waals surface area contributed by atoms with Crippen molar-refractivity contribution in [1.29, 1.82) is 0 Å². The number of nitrogens with one attached hydrogen (secondary N) is 1. The van der Waals surface area contributed by atoms with E-state index in [9.17, 15) is 9.59 Å². The van der Waals surface area contributed by atoms with Gasteiger partial charge in [-0.3, -0.25) is 4.79 Å². The number of hydrogen-bond acceptors (Lipinski definition) is 4. The lowest BCUT2D eigenvalue weighted by molar-refractivity contribution is -0.130. The van der Waals surface area contributed by atoms with E-state index in [1.807, 2.05) is 47.8 Å². The van der Waals surface area contributed by atoms with E-state index in [1.165, 1.54) is 11.3 Å². The molecule has 0 saturated carbocycles. The molecule has 1 aliphatic heterocycles. The number of nitrogens with zero attached hydrogens (tertiary/aromatic N) is 1. The summed E-state index contributed by atoms with van der Waals surface area (Å²) in [7, 11) is 0. The van der Waals surface area contributed by atoms with Crippen LogP contribution in [-0.2, 0) is 4.79 Å². The van der Waals surface area contributed by atoms with E-state index in [4.69, 9.17) is 11.5 Å². The van der Waals surface area contributed by atoms with Crippen molar-refractivity contribution in [2.75, 3.05) is 13.1 Å². The Morgan fingerprint density at radius 2 is 1.96 bits per heavy atom.